The van der Waals surface area contributed by atoms with E-state index in [0.29, 0.717) is 16.8 Å². The summed E-state index contributed by atoms with van der Waals surface area (Å²) in [4.78, 5) is 16.4. The number of carbonyl (C=O) groups excluding carboxylic acids is 1. The quantitative estimate of drug-likeness (QED) is 0.530. The zero-order chi connectivity index (χ0) is 20.1. The average molecular weight is 450 g/mol. The Labute approximate surface area is 167 Å². The first-order valence-corrected chi connectivity index (χ1v) is 9.03. The normalized spacial score (nSPS) is 12.3. The van der Waals surface area contributed by atoms with Gasteiger partial charge in [-0.25, -0.2) is 4.79 Å². The zero-order valence-corrected chi connectivity index (χ0v) is 16.0. The van der Waals surface area contributed by atoms with Gasteiger partial charge < -0.3 is 10.6 Å². The summed E-state index contributed by atoms with van der Waals surface area (Å²) in [6.45, 7) is 0. The number of aromatic nitrogens is 1. The first-order valence-electron chi connectivity index (χ1n) is 8.24. The Morgan fingerprint density at radius 2 is 1.71 bits per heavy atom. The summed E-state index contributed by atoms with van der Waals surface area (Å²) >= 11 is 3.44. The van der Waals surface area contributed by atoms with Crippen LogP contribution in [0, 0.1) is 0 Å². The fourth-order valence-corrected chi connectivity index (χ4v) is 3.16. The maximum Gasteiger partial charge on any atom is 0.416 e. The van der Waals surface area contributed by atoms with Crippen LogP contribution >= 0.6 is 15.9 Å². The molecule has 2 aromatic carbocycles. The van der Waals surface area contributed by atoms with Crippen LogP contribution in [-0.2, 0) is 6.18 Å². The number of amides is 2. The third-order valence-corrected chi connectivity index (χ3v) is 4.70. The van der Waals surface area contributed by atoms with Crippen molar-refractivity contribution in [2.75, 3.05) is 5.32 Å². The van der Waals surface area contributed by atoms with E-state index < -0.39 is 23.8 Å². The van der Waals surface area contributed by atoms with Gasteiger partial charge in [-0.2, -0.15) is 13.2 Å². The minimum absolute atomic E-state index is 0.498. The molecule has 0 saturated carbocycles. The maximum absolute atomic E-state index is 12.9. The summed E-state index contributed by atoms with van der Waals surface area (Å²) < 4.78 is 39.3. The molecule has 0 aliphatic rings. The predicted octanol–water partition coefficient (Wildman–Crippen LogP) is 5.77. The molecule has 28 heavy (non-hydrogen) atoms. The zero-order valence-electron chi connectivity index (χ0n) is 14.4. The summed E-state index contributed by atoms with van der Waals surface area (Å²) in [5.41, 5.74) is 0.977. The fourth-order valence-electron chi connectivity index (χ4n) is 2.65. The van der Waals surface area contributed by atoms with E-state index in [4.69, 9.17) is 0 Å². The van der Waals surface area contributed by atoms with E-state index in [1.807, 2.05) is 6.07 Å². The number of nitrogens with one attached hydrogen (secondary N) is 2. The molecule has 1 atom stereocenters. The van der Waals surface area contributed by atoms with Crippen molar-refractivity contribution < 1.29 is 18.0 Å². The second-order valence-electron chi connectivity index (χ2n) is 5.91. The molecule has 1 heterocycles. The van der Waals surface area contributed by atoms with Crippen molar-refractivity contribution in [1.29, 1.82) is 0 Å². The summed E-state index contributed by atoms with van der Waals surface area (Å²) in [5, 5.41) is 5.47. The molecule has 0 spiro atoms. The average Bonchev–Trinajstić information content (AvgIpc) is 2.67. The van der Waals surface area contributed by atoms with Gasteiger partial charge in [0.15, 0.2) is 0 Å². The van der Waals surface area contributed by atoms with E-state index in [9.17, 15) is 18.0 Å². The van der Waals surface area contributed by atoms with Gasteiger partial charge in [-0.1, -0.05) is 46.3 Å². The number of nitrogens with zero attached hydrogens (tertiary/aromatic N) is 1. The van der Waals surface area contributed by atoms with Crippen LogP contribution in [0.5, 0.6) is 0 Å². The minimum atomic E-state index is -4.42. The summed E-state index contributed by atoms with van der Waals surface area (Å²) in [6.07, 6.45) is -1.35. The second kappa shape index (κ2) is 8.43. The lowest BCUT2D eigenvalue weighted by molar-refractivity contribution is -0.137. The summed E-state index contributed by atoms with van der Waals surface area (Å²) in [6, 6.07) is 14.1. The maximum atomic E-state index is 12.9. The molecule has 0 saturated heterocycles. The number of hydrogen-bond acceptors (Lipinski definition) is 2. The van der Waals surface area contributed by atoms with E-state index in [-0.39, 0.29) is 0 Å². The van der Waals surface area contributed by atoms with Crippen LogP contribution < -0.4 is 10.6 Å². The van der Waals surface area contributed by atoms with Gasteiger partial charge in [-0.3, -0.25) is 4.98 Å². The van der Waals surface area contributed by atoms with E-state index in [2.05, 4.69) is 31.5 Å². The monoisotopic (exact) mass is 449 g/mol. The highest BCUT2D eigenvalue weighted by Gasteiger charge is 2.30. The van der Waals surface area contributed by atoms with E-state index in [0.717, 1.165) is 16.6 Å². The molecule has 0 aliphatic carbocycles. The third kappa shape index (κ3) is 4.89. The minimum Gasteiger partial charge on any atom is -0.327 e. The molecular formula is C20H15BrF3N3O. The summed E-state index contributed by atoms with van der Waals surface area (Å²) in [7, 11) is 0. The molecule has 144 valence electrons. The Morgan fingerprint density at radius 3 is 2.32 bits per heavy atom. The number of hydrogen-bond donors (Lipinski definition) is 2. The number of alkyl halides is 3. The molecule has 0 fully saturated rings. The molecular weight excluding hydrogens is 435 g/mol. The number of rotatable bonds is 4. The Morgan fingerprint density at radius 1 is 1.00 bits per heavy atom. The van der Waals surface area contributed by atoms with Crippen LogP contribution in [0.1, 0.15) is 22.7 Å². The van der Waals surface area contributed by atoms with Gasteiger partial charge in [0.25, 0.3) is 0 Å². The third-order valence-electron chi connectivity index (χ3n) is 3.98. The van der Waals surface area contributed by atoms with Gasteiger partial charge in [0.1, 0.15) is 0 Å². The number of benzene rings is 2. The molecule has 0 radical (unpaired) electrons. The molecule has 0 unspecified atom stereocenters. The van der Waals surface area contributed by atoms with Crippen molar-refractivity contribution in [3.63, 3.8) is 0 Å². The molecule has 1 aromatic heterocycles. The number of pyridine rings is 1. The number of carbonyl (C=O) groups is 1. The lowest BCUT2D eigenvalue weighted by Crippen LogP contribution is -2.33. The van der Waals surface area contributed by atoms with Gasteiger partial charge >= 0.3 is 12.2 Å². The van der Waals surface area contributed by atoms with Crippen LogP contribution in [0.25, 0.3) is 0 Å². The molecule has 2 N–H and O–H groups in total. The molecule has 8 heteroatoms. The predicted molar refractivity (Wildman–Crippen MR) is 104 cm³/mol. The number of halogens is 4. The molecule has 0 bridgehead atoms. The standard InChI is InChI=1S/C20H15BrF3N3O/c21-17-6-2-1-5-16(17)18(13-7-9-14(10-8-13)20(22,23)24)27-19(28)26-15-4-3-11-25-12-15/h1-12,18H,(H2,26,27,28)/t18-/m0/s1. The first-order chi connectivity index (χ1) is 13.3. The van der Waals surface area contributed by atoms with Gasteiger partial charge in [-0.05, 0) is 41.5 Å². The van der Waals surface area contributed by atoms with Crippen molar-refractivity contribution in [3.8, 4) is 0 Å². The first kappa shape index (κ1) is 19.9. The smallest absolute Gasteiger partial charge is 0.327 e. The fraction of sp³-hybridized carbons (Fsp3) is 0.100. The van der Waals surface area contributed by atoms with Crippen LogP contribution in [0.2, 0.25) is 0 Å². The Hall–Kier alpha value is -2.87. The van der Waals surface area contributed by atoms with E-state index in [1.165, 1.54) is 18.3 Å². The highest BCUT2D eigenvalue weighted by atomic mass is 79.9. The van der Waals surface area contributed by atoms with Crippen molar-refractivity contribution in [3.05, 3.63) is 94.2 Å². The lowest BCUT2D eigenvalue weighted by Gasteiger charge is -2.22. The van der Waals surface area contributed by atoms with Crippen molar-refractivity contribution in [1.82, 2.24) is 10.3 Å². The van der Waals surface area contributed by atoms with Crippen molar-refractivity contribution in [2.45, 2.75) is 12.2 Å². The van der Waals surface area contributed by atoms with Crippen molar-refractivity contribution in [2.24, 2.45) is 0 Å². The molecule has 2 amide bonds. The lowest BCUT2D eigenvalue weighted by atomic mass is 9.97. The number of anilines is 1. The summed E-state index contributed by atoms with van der Waals surface area (Å²) in [5.74, 6) is 0. The van der Waals surface area contributed by atoms with Gasteiger partial charge in [0, 0.05) is 10.7 Å². The van der Waals surface area contributed by atoms with Gasteiger partial charge in [-0.15, -0.1) is 0 Å². The Kier molecular flexibility index (Phi) is 5.99. The molecule has 0 aliphatic heterocycles. The van der Waals surface area contributed by atoms with Crippen LogP contribution in [0.3, 0.4) is 0 Å². The Bertz CT molecular complexity index is 947. The highest BCUT2D eigenvalue weighted by molar-refractivity contribution is 9.10. The molecule has 3 aromatic rings. The van der Waals surface area contributed by atoms with E-state index >= 15 is 0 Å². The van der Waals surface area contributed by atoms with E-state index in [1.54, 1.807) is 36.5 Å². The molecule has 3 rings (SSSR count). The van der Waals surface area contributed by atoms with Crippen LogP contribution in [0.4, 0.5) is 23.7 Å². The van der Waals surface area contributed by atoms with Crippen LogP contribution in [-0.4, -0.2) is 11.0 Å². The Balaban J connectivity index is 1.90. The topological polar surface area (TPSA) is 54.0 Å². The van der Waals surface area contributed by atoms with Gasteiger partial charge in [0.05, 0.1) is 23.5 Å². The van der Waals surface area contributed by atoms with Crippen LogP contribution in [0.15, 0.2) is 77.5 Å². The molecule has 4 nitrogen and oxygen atoms in total. The van der Waals surface area contributed by atoms with Gasteiger partial charge in [0.2, 0.25) is 0 Å². The van der Waals surface area contributed by atoms with Crippen molar-refractivity contribution >= 4 is 27.6 Å². The highest BCUT2D eigenvalue weighted by Crippen LogP contribution is 2.32. The number of urea groups is 1. The second-order valence-corrected chi connectivity index (χ2v) is 6.77. The largest absolute Gasteiger partial charge is 0.416 e. The SMILES string of the molecule is O=C(Nc1cccnc1)N[C@@H](c1ccc(C(F)(F)F)cc1)c1ccccc1Br.